The number of carbonyl (C=O) groups is 2. The van der Waals surface area contributed by atoms with Gasteiger partial charge in [-0.2, -0.15) is 0 Å². The van der Waals surface area contributed by atoms with Gasteiger partial charge in [-0.05, 0) is 24.7 Å². The van der Waals surface area contributed by atoms with E-state index in [9.17, 15) is 19.2 Å². The minimum absolute atomic E-state index is 0.0464. The molecule has 25 heavy (non-hydrogen) atoms. The number of nitrogens with zero attached hydrogens (tertiary/aromatic N) is 3. The van der Waals surface area contributed by atoms with Gasteiger partial charge >= 0.3 is 11.7 Å². The number of nitrogens with one attached hydrogen (secondary N) is 1. The van der Waals surface area contributed by atoms with Crippen molar-refractivity contribution >= 4 is 11.9 Å². The Morgan fingerprint density at radius 3 is 2.28 bits per heavy atom. The van der Waals surface area contributed by atoms with Crippen LogP contribution in [0.1, 0.15) is 38.8 Å². The summed E-state index contributed by atoms with van der Waals surface area (Å²) in [6.45, 7) is 3.89. The third-order valence-corrected chi connectivity index (χ3v) is 5.93. The van der Waals surface area contributed by atoms with Gasteiger partial charge in [0.1, 0.15) is 5.54 Å². The highest BCUT2D eigenvalue weighted by molar-refractivity contribution is 6.07. The average molecular weight is 348 g/mol. The van der Waals surface area contributed by atoms with E-state index in [4.69, 9.17) is 0 Å². The molecular weight excluding hydrogens is 324 g/mol. The second-order valence-electron chi connectivity index (χ2n) is 7.30. The molecule has 0 bridgehead atoms. The summed E-state index contributed by atoms with van der Waals surface area (Å²) in [5.41, 5.74) is -1.48. The molecule has 1 aliphatic carbocycles. The van der Waals surface area contributed by atoms with E-state index >= 15 is 0 Å². The summed E-state index contributed by atoms with van der Waals surface area (Å²) in [5.74, 6) is -0.166. The van der Waals surface area contributed by atoms with E-state index in [0.717, 1.165) is 28.7 Å². The lowest BCUT2D eigenvalue weighted by molar-refractivity contribution is -0.137. The number of rotatable bonds is 2. The van der Waals surface area contributed by atoms with Crippen molar-refractivity contribution in [3.63, 3.8) is 0 Å². The van der Waals surface area contributed by atoms with Gasteiger partial charge in [0, 0.05) is 25.9 Å². The van der Waals surface area contributed by atoms with Crippen molar-refractivity contribution in [3.8, 4) is 0 Å². The number of amides is 3. The van der Waals surface area contributed by atoms with Crippen LogP contribution in [0, 0.1) is 11.8 Å². The molecule has 1 N–H and O–H groups in total. The van der Waals surface area contributed by atoms with Crippen LogP contribution in [0.25, 0.3) is 0 Å². The number of carbonyl (C=O) groups excluding carboxylic acids is 2. The van der Waals surface area contributed by atoms with E-state index in [1.165, 1.54) is 24.7 Å². The van der Waals surface area contributed by atoms with Gasteiger partial charge in [0.2, 0.25) is 0 Å². The molecule has 2 fully saturated rings. The number of hydrogen-bond acceptors (Lipinski definition) is 4. The number of urea groups is 1. The molecule has 8 heteroatoms. The molecule has 1 saturated heterocycles. The third kappa shape index (κ3) is 2.42. The minimum atomic E-state index is -0.881. The van der Waals surface area contributed by atoms with Crippen molar-refractivity contribution in [3.05, 3.63) is 32.6 Å². The quantitative estimate of drug-likeness (QED) is 0.780. The molecule has 1 spiro atoms. The molecule has 8 nitrogen and oxygen atoms in total. The van der Waals surface area contributed by atoms with Crippen LogP contribution in [0.5, 0.6) is 0 Å². The largest absolute Gasteiger partial charge is 0.330 e. The summed E-state index contributed by atoms with van der Waals surface area (Å²) in [5, 5.41) is 2.92. The summed E-state index contributed by atoms with van der Waals surface area (Å²) in [6.07, 6.45) is 2.81. The Balaban J connectivity index is 1.98. The van der Waals surface area contributed by atoms with Crippen LogP contribution in [0.3, 0.4) is 0 Å². The highest BCUT2D eigenvalue weighted by Crippen LogP contribution is 2.42. The first-order valence-electron chi connectivity index (χ1n) is 8.60. The zero-order valence-corrected chi connectivity index (χ0v) is 15.0. The van der Waals surface area contributed by atoms with Crippen LogP contribution in [0.15, 0.2) is 15.7 Å². The maximum Gasteiger partial charge on any atom is 0.330 e. The Kier molecular flexibility index (Phi) is 4.09. The highest BCUT2D eigenvalue weighted by atomic mass is 16.2. The lowest BCUT2D eigenvalue weighted by atomic mass is 9.67. The Hall–Kier alpha value is -2.38. The molecule has 1 aliphatic heterocycles. The second kappa shape index (κ2) is 5.86. The smallest absolute Gasteiger partial charge is 0.323 e. The van der Waals surface area contributed by atoms with Gasteiger partial charge in [0.25, 0.3) is 11.5 Å². The minimum Gasteiger partial charge on any atom is -0.323 e. The first-order valence-corrected chi connectivity index (χ1v) is 8.60. The van der Waals surface area contributed by atoms with Gasteiger partial charge < -0.3 is 5.32 Å². The van der Waals surface area contributed by atoms with Gasteiger partial charge in [-0.3, -0.25) is 23.6 Å². The van der Waals surface area contributed by atoms with E-state index in [2.05, 4.69) is 5.32 Å². The van der Waals surface area contributed by atoms with E-state index in [0.29, 0.717) is 5.69 Å². The SMILES string of the molecule is C[C@H]1CCC[C@H](C)C12NC(=O)N(Cc1cc(=O)n(C)c(=O)n1C)C2=O. The molecule has 0 aromatic carbocycles. The van der Waals surface area contributed by atoms with Crippen molar-refractivity contribution in [1.29, 1.82) is 0 Å². The normalized spacial score (nSPS) is 25.5. The predicted octanol–water partition coefficient (Wildman–Crippen LogP) is 0.331. The van der Waals surface area contributed by atoms with Crippen molar-refractivity contribution < 1.29 is 9.59 Å². The molecular formula is C17H24N4O4. The van der Waals surface area contributed by atoms with E-state index < -0.39 is 22.8 Å². The second-order valence-corrected chi connectivity index (χ2v) is 7.30. The molecule has 3 rings (SSSR count). The number of aromatic nitrogens is 2. The van der Waals surface area contributed by atoms with E-state index in [-0.39, 0.29) is 24.3 Å². The van der Waals surface area contributed by atoms with Gasteiger partial charge in [0.15, 0.2) is 0 Å². The molecule has 2 aliphatic rings. The molecule has 0 radical (unpaired) electrons. The van der Waals surface area contributed by atoms with Crippen LogP contribution < -0.4 is 16.6 Å². The predicted molar refractivity (Wildman–Crippen MR) is 90.9 cm³/mol. The van der Waals surface area contributed by atoms with Crippen LogP contribution in [0.2, 0.25) is 0 Å². The summed E-state index contributed by atoms with van der Waals surface area (Å²) in [7, 11) is 2.92. The topological polar surface area (TPSA) is 93.4 Å². The summed E-state index contributed by atoms with van der Waals surface area (Å²) in [4.78, 5) is 50.8. The summed E-state index contributed by atoms with van der Waals surface area (Å²) in [6, 6.07) is 0.833. The van der Waals surface area contributed by atoms with Gasteiger partial charge in [-0.15, -0.1) is 0 Å². The first kappa shape index (κ1) is 17.4. The van der Waals surface area contributed by atoms with Crippen LogP contribution in [-0.2, 0) is 25.4 Å². The maximum atomic E-state index is 13.1. The Labute approximate surface area is 145 Å². The van der Waals surface area contributed by atoms with E-state index in [1.807, 2.05) is 13.8 Å². The standard InChI is InChI=1S/C17H24N4O4/c1-10-6-5-7-11(2)17(10)14(23)21(15(24)18-17)9-12-8-13(22)20(4)16(25)19(12)3/h8,10-11H,5-7,9H2,1-4H3,(H,18,24)/t10-,11-/m0/s1. The molecule has 1 aromatic heterocycles. The van der Waals surface area contributed by atoms with Crippen molar-refractivity contribution in [2.75, 3.05) is 0 Å². The fraction of sp³-hybridized carbons (Fsp3) is 0.647. The molecule has 3 amide bonds. The Morgan fingerprint density at radius 1 is 1.08 bits per heavy atom. The van der Waals surface area contributed by atoms with Crippen molar-refractivity contribution in [2.45, 2.75) is 45.2 Å². The molecule has 136 valence electrons. The van der Waals surface area contributed by atoms with E-state index in [1.54, 1.807) is 0 Å². The lowest BCUT2D eigenvalue weighted by Crippen LogP contribution is -2.58. The fourth-order valence-corrected chi connectivity index (χ4v) is 4.19. The molecule has 2 heterocycles. The Bertz CT molecular complexity index is 843. The first-order chi connectivity index (χ1) is 11.7. The molecule has 1 aromatic rings. The average Bonchev–Trinajstić information content (AvgIpc) is 2.81. The highest BCUT2D eigenvalue weighted by Gasteiger charge is 2.58. The maximum absolute atomic E-state index is 13.1. The van der Waals surface area contributed by atoms with Gasteiger partial charge in [-0.1, -0.05) is 20.3 Å². The van der Waals surface area contributed by atoms with Gasteiger partial charge in [-0.25, -0.2) is 9.59 Å². The molecule has 2 atom stereocenters. The lowest BCUT2D eigenvalue weighted by Gasteiger charge is -2.42. The monoisotopic (exact) mass is 348 g/mol. The summed E-state index contributed by atoms with van der Waals surface area (Å²) >= 11 is 0. The summed E-state index contributed by atoms with van der Waals surface area (Å²) < 4.78 is 2.28. The number of imide groups is 1. The van der Waals surface area contributed by atoms with Crippen molar-refractivity contribution in [1.82, 2.24) is 19.4 Å². The Morgan fingerprint density at radius 2 is 1.68 bits per heavy atom. The molecule has 1 saturated carbocycles. The molecule has 0 unspecified atom stereocenters. The zero-order valence-electron chi connectivity index (χ0n) is 15.0. The van der Waals surface area contributed by atoms with Crippen LogP contribution in [0.4, 0.5) is 4.79 Å². The fourth-order valence-electron chi connectivity index (χ4n) is 4.19. The third-order valence-electron chi connectivity index (χ3n) is 5.93. The van der Waals surface area contributed by atoms with Crippen LogP contribution >= 0.6 is 0 Å². The van der Waals surface area contributed by atoms with Crippen LogP contribution in [-0.4, -0.2) is 31.5 Å². The number of hydrogen-bond donors (Lipinski definition) is 1. The zero-order chi connectivity index (χ0) is 18.5. The van der Waals surface area contributed by atoms with Crippen molar-refractivity contribution in [2.24, 2.45) is 25.9 Å². The van der Waals surface area contributed by atoms with Gasteiger partial charge in [0.05, 0.1) is 6.54 Å².